The molecule has 0 fully saturated rings. The summed E-state index contributed by atoms with van der Waals surface area (Å²) in [7, 11) is 0. The van der Waals surface area contributed by atoms with Gasteiger partial charge in [0.1, 0.15) is 0 Å². The van der Waals surface area contributed by atoms with Crippen LogP contribution in [0.25, 0.3) is 53.5 Å². The Morgan fingerprint density at radius 3 is 1.81 bits per heavy atom. The first-order valence-corrected chi connectivity index (χ1v) is 10.1. The van der Waals surface area contributed by atoms with Crippen LogP contribution < -0.4 is 0 Å². The van der Waals surface area contributed by atoms with Crippen LogP contribution in [0, 0.1) is 0 Å². The van der Waals surface area contributed by atoms with E-state index in [-0.39, 0.29) is 0 Å². The van der Waals surface area contributed by atoms with Gasteiger partial charge in [-0.05, 0) is 66.3 Å². The second kappa shape index (κ2) is 5.67. The minimum absolute atomic E-state index is 1.29. The Balaban J connectivity index is 1.77. The molecule has 0 amide bonds. The molecule has 27 heavy (non-hydrogen) atoms. The molecule has 1 heteroatoms. The summed E-state index contributed by atoms with van der Waals surface area (Å²) in [6.07, 6.45) is 0. The van der Waals surface area contributed by atoms with Crippen LogP contribution in [0.3, 0.4) is 0 Å². The summed E-state index contributed by atoms with van der Waals surface area (Å²) < 4.78 is 1.36. The van der Waals surface area contributed by atoms with Gasteiger partial charge in [0, 0.05) is 4.70 Å². The minimum Gasteiger partial charge on any atom is -0.143 e. The number of benzene rings is 5. The van der Waals surface area contributed by atoms with Gasteiger partial charge in [-0.15, -0.1) is 11.3 Å². The number of thiophene rings is 1. The summed E-state index contributed by atoms with van der Waals surface area (Å²) in [5.74, 6) is 0. The van der Waals surface area contributed by atoms with Crippen LogP contribution in [0.1, 0.15) is 0 Å². The standard InChI is InChI=1S/C26H16S/c1-2-9-22-20(7-1)21-8-3-4-10-23(21)25-16-18(12-13-24(22)25)19-11-5-6-17-14-15-27-26(17)19/h1-16H. The lowest BCUT2D eigenvalue weighted by atomic mass is 9.92. The highest BCUT2D eigenvalue weighted by Crippen LogP contribution is 2.39. The van der Waals surface area contributed by atoms with E-state index in [1.807, 2.05) is 11.3 Å². The maximum absolute atomic E-state index is 2.37. The van der Waals surface area contributed by atoms with E-state index in [4.69, 9.17) is 0 Å². The van der Waals surface area contributed by atoms with Gasteiger partial charge in [-0.2, -0.15) is 0 Å². The maximum atomic E-state index is 2.37. The van der Waals surface area contributed by atoms with Crippen molar-refractivity contribution in [3.05, 3.63) is 96.4 Å². The molecular weight excluding hydrogens is 344 g/mol. The van der Waals surface area contributed by atoms with Crippen molar-refractivity contribution in [3.8, 4) is 11.1 Å². The molecule has 5 aromatic carbocycles. The summed E-state index contributed by atoms with van der Waals surface area (Å²) in [5, 5.41) is 11.5. The number of hydrogen-bond acceptors (Lipinski definition) is 1. The molecule has 0 bridgehead atoms. The second-order valence-corrected chi connectivity index (χ2v) is 7.91. The third kappa shape index (κ3) is 2.16. The molecule has 126 valence electrons. The Kier molecular flexibility index (Phi) is 3.14. The van der Waals surface area contributed by atoms with Gasteiger partial charge in [-0.1, -0.05) is 78.9 Å². The molecule has 0 aliphatic heterocycles. The smallest absolute Gasteiger partial charge is 0.0421 e. The van der Waals surface area contributed by atoms with E-state index < -0.39 is 0 Å². The van der Waals surface area contributed by atoms with Crippen molar-refractivity contribution in [2.24, 2.45) is 0 Å². The highest BCUT2D eigenvalue weighted by molar-refractivity contribution is 7.17. The molecule has 0 spiro atoms. The molecule has 0 aliphatic rings. The average Bonchev–Trinajstić information content (AvgIpc) is 3.23. The molecule has 0 N–H and O–H groups in total. The normalized spacial score (nSPS) is 11.7. The lowest BCUT2D eigenvalue weighted by molar-refractivity contribution is 1.73. The van der Waals surface area contributed by atoms with E-state index in [0.717, 1.165) is 0 Å². The highest BCUT2D eigenvalue weighted by atomic mass is 32.1. The van der Waals surface area contributed by atoms with Crippen molar-refractivity contribution in [2.75, 3.05) is 0 Å². The van der Waals surface area contributed by atoms with Crippen molar-refractivity contribution in [1.82, 2.24) is 0 Å². The largest absolute Gasteiger partial charge is 0.143 e. The molecular formula is C26H16S. The molecule has 0 unspecified atom stereocenters. The molecule has 6 aromatic rings. The Morgan fingerprint density at radius 2 is 1.11 bits per heavy atom. The van der Waals surface area contributed by atoms with Gasteiger partial charge in [0.25, 0.3) is 0 Å². The van der Waals surface area contributed by atoms with E-state index in [1.165, 1.54) is 53.5 Å². The number of hydrogen-bond donors (Lipinski definition) is 0. The molecule has 0 aliphatic carbocycles. The fourth-order valence-electron chi connectivity index (χ4n) is 4.30. The summed E-state index contributed by atoms with van der Waals surface area (Å²) >= 11 is 1.82. The Morgan fingerprint density at radius 1 is 0.481 bits per heavy atom. The molecule has 1 aromatic heterocycles. The van der Waals surface area contributed by atoms with Crippen molar-refractivity contribution in [1.29, 1.82) is 0 Å². The maximum Gasteiger partial charge on any atom is 0.0421 e. The lowest BCUT2D eigenvalue weighted by Gasteiger charge is -2.12. The van der Waals surface area contributed by atoms with Crippen LogP contribution in [-0.4, -0.2) is 0 Å². The van der Waals surface area contributed by atoms with Crippen molar-refractivity contribution >= 4 is 53.7 Å². The zero-order valence-corrected chi connectivity index (χ0v) is 15.5. The summed E-state index contributed by atoms with van der Waals surface area (Å²) in [6.45, 7) is 0. The average molecular weight is 360 g/mol. The zero-order valence-electron chi connectivity index (χ0n) is 14.6. The van der Waals surface area contributed by atoms with Crippen LogP contribution in [0.15, 0.2) is 96.4 Å². The van der Waals surface area contributed by atoms with Crippen LogP contribution >= 0.6 is 11.3 Å². The SMILES string of the molecule is c1cc(-c2ccc3c4ccccc4c4ccccc4c3c2)c2sccc2c1. The van der Waals surface area contributed by atoms with Crippen LogP contribution in [-0.2, 0) is 0 Å². The van der Waals surface area contributed by atoms with Gasteiger partial charge in [-0.25, -0.2) is 0 Å². The predicted octanol–water partition coefficient (Wildman–Crippen LogP) is 8.03. The van der Waals surface area contributed by atoms with Crippen LogP contribution in [0.5, 0.6) is 0 Å². The van der Waals surface area contributed by atoms with Crippen molar-refractivity contribution in [2.45, 2.75) is 0 Å². The van der Waals surface area contributed by atoms with E-state index >= 15 is 0 Å². The quantitative estimate of drug-likeness (QED) is 0.260. The van der Waals surface area contributed by atoms with Gasteiger partial charge < -0.3 is 0 Å². The molecule has 0 saturated carbocycles. The van der Waals surface area contributed by atoms with E-state index in [2.05, 4.69) is 96.4 Å². The fraction of sp³-hybridized carbons (Fsp3) is 0. The summed E-state index contributed by atoms with van der Waals surface area (Å²) in [4.78, 5) is 0. The van der Waals surface area contributed by atoms with Gasteiger partial charge >= 0.3 is 0 Å². The van der Waals surface area contributed by atoms with E-state index in [9.17, 15) is 0 Å². The van der Waals surface area contributed by atoms with Crippen molar-refractivity contribution in [3.63, 3.8) is 0 Å². The van der Waals surface area contributed by atoms with Gasteiger partial charge in [-0.3, -0.25) is 0 Å². The first-order valence-electron chi connectivity index (χ1n) is 9.20. The first kappa shape index (κ1) is 15.0. The molecule has 0 atom stereocenters. The predicted molar refractivity (Wildman–Crippen MR) is 120 cm³/mol. The topological polar surface area (TPSA) is 0 Å². The minimum atomic E-state index is 1.29. The lowest BCUT2D eigenvalue weighted by Crippen LogP contribution is -1.85. The molecule has 6 rings (SSSR count). The van der Waals surface area contributed by atoms with E-state index in [0.29, 0.717) is 0 Å². The number of fused-ring (bicyclic) bond motifs is 7. The van der Waals surface area contributed by atoms with Gasteiger partial charge in [0.2, 0.25) is 0 Å². The molecule has 1 heterocycles. The number of rotatable bonds is 1. The third-order valence-corrected chi connectivity index (χ3v) is 6.50. The third-order valence-electron chi connectivity index (χ3n) is 5.53. The van der Waals surface area contributed by atoms with Gasteiger partial charge in [0.15, 0.2) is 0 Å². The molecule has 0 saturated heterocycles. The monoisotopic (exact) mass is 360 g/mol. The van der Waals surface area contributed by atoms with Crippen LogP contribution in [0.4, 0.5) is 0 Å². The Bertz CT molecular complexity index is 1430. The van der Waals surface area contributed by atoms with E-state index in [1.54, 1.807) is 0 Å². The summed E-state index contributed by atoms with van der Waals surface area (Å²) in [5.41, 5.74) is 2.61. The second-order valence-electron chi connectivity index (χ2n) is 7.00. The van der Waals surface area contributed by atoms with Crippen LogP contribution in [0.2, 0.25) is 0 Å². The summed E-state index contributed by atoms with van der Waals surface area (Å²) in [6, 6.07) is 33.2. The molecule has 0 radical (unpaired) electrons. The Hall–Kier alpha value is -3.16. The van der Waals surface area contributed by atoms with Gasteiger partial charge in [0.05, 0.1) is 0 Å². The highest BCUT2D eigenvalue weighted by Gasteiger charge is 2.11. The van der Waals surface area contributed by atoms with Crippen molar-refractivity contribution < 1.29 is 0 Å². The first-order chi connectivity index (χ1) is 13.4. The Labute approximate surface area is 161 Å². The zero-order chi connectivity index (χ0) is 17.8. The fourth-order valence-corrected chi connectivity index (χ4v) is 5.23. The molecule has 0 nitrogen and oxygen atoms in total.